The molecule has 3 nitrogen and oxygen atoms in total. The Kier molecular flexibility index (Phi) is 3.31. The summed E-state index contributed by atoms with van der Waals surface area (Å²) in [5.41, 5.74) is 1.09. The number of nitrogens with zero attached hydrogens (tertiary/aromatic N) is 3. The van der Waals surface area contributed by atoms with Crippen LogP contribution in [-0.2, 0) is 0 Å². The van der Waals surface area contributed by atoms with Crippen molar-refractivity contribution in [3.63, 3.8) is 0 Å². The second-order valence-corrected chi connectivity index (χ2v) is 4.64. The van der Waals surface area contributed by atoms with E-state index >= 15 is 0 Å². The molecule has 19 heavy (non-hydrogen) atoms. The lowest BCUT2D eigenvalue weighted by Gasteiger charge is -2.36. The van der Waals surface area contributed by atoms with Gasteiger partial charge in [-0.15, -0.1) is 0 Å². The van der Waals surface area contributed by atoms with E-state index in [2.05, 4.69) is 14.8 Å². The van der Waals surface area contributed by atoms with Gasteiger partial charge in [-0.3, -0.25) is 0 Å². The van der Waals surface area contributed by atoms with Crippen molar-refractivity contribution < 1.29 is 4.39 Å². The van der Waals surface area contributed by atoms with E-state index in [4.69, 9.17) is 0 Å². The maximum atomic E-state index is 12.9. The minimum atomic E-state index is -0.184. The summed E-state index contributed by atoms with van der Waals surface area (Å²) in [4.78, 5) is 8.92. The monoisotopic (exact) mass is 257 g/mol. The molecular formula is C15H16FN3. The van der Waals surface area contributed by atoms with Gasteiger partial charge in [-0.2, -0.15) is 0 Å². The van der Waals surface area contributed by atoms with Crippen LogP contribution in [0.3, 0.4) is 0 Å². The van der Waals surface area contributed by atoms with Gasteiger partial charge in [0, 0.05) is 38.1 Å². The Labute approximate surface area is 112 Å². The summed E-state index contributed by atoms with van der Waals surface area (Å²) in [6, 6.07) is 12.7. The molecule has 1 aromatic carbocycles. The lowest BCUT2D eigenvalue weighted by atomic mass is 10.2. The largest absolute Gasteiger partial charge is 0.368 e. The molecule has 0 radical (unpaired) electrons. The van der Waals surface area contributed by atoms with Crippen LogP contribution in [0.15, 0.2) is 48.7 Å². The zero-order chi connectivity index (χ0) is 13.1. The molecular weight excluding hydrogens is 241 g/mol. The third-order valence-corrected chi connectivity index (χ3v) is 3.44. The van der Waals surface area contributed by atoms with Crippen LogP contribution in [0.25, 0.3) is 0 Å². The summed E-state index contributed by atoms with van der Waals surface area (Å²) >= 11 is 0. The molecule has 2 heterocycles. The molecule has 4 heteroatoms. The zero-order valence-electron chi connectivity index (χ0n) is 10.7. The third kappa shape index (κ3) is 2.67. The predicted molar refractivity (Wildman–Crippen MR) is 75.1 cm³/mol. The highest BCUT2D eigenvalue weighted by molar-refractivity contribution is 5.49. The zero-order valence-corrected chi connectivity index (χ0v) is 10.7. The quantitative estimate of drug-likeness (QED) is 0.824. The van der Waals surface area contributed by atoms with Crippen molar-refractivity contribution in [1.29, 1.82) is 0 Å². The van der Waals surface area contributed by atoms with Gasteiger partial charge < -0.3 is 9.80 Å². The molecule has 2 aromatic rings. The van der Waals surface area contributed by atoms with E-state index in [-0.39, 0.29) is 5.82 Å². The van der Waals surface area contributed by atoms with E-state index in [0.717, 1.165) is 37.7 Å². The van der Waals surface area contributed by atoms with E-state index in [1.54, 1.807) is 0 Å². The normalized spacial score (nSPS) is 15.6. The van der Waals surface area contributed by atoms with E-state index in [0.29, 0.717) is 0 Å². The van der Waals surface area contributed by atoms with E-state index in [9.17, 15) is 4.39 Å². The highest BCUT2D eigenvalue weighted by atomic mass is 19.1. The Morgan fingerprint density at radius 1 is 0.842 bits per heavy atom. The summed E-state index contributed by atoms with van der Waals surface area (Å²) in [7, 11) is 0. The molecule has 0 unspecified atom stereocenters. The smallest absolute Gasteiger partial charge is 0.128 e. The van der Waals surface area contributed by atoms with Crippen molar-refractivity contribution in [2.24, 2.45) is 0 Å². The van der Waals surface area contributed by atoms with Gasteiger partial charge in [0.1, 0.15) is 11.6 Å². The molecule has 1 aliphatic rings. The molecule has 1 aliphatic heterocycles. The second-order valence-electron chi connectivity index (χ2n) is 4.64. The fourth-order valence-corrected chi connectivity index (χ4v) is 2.39. The molecule has 3 rings (SSSR count). The van der Waals surface area contributed by atoms with Crippen LogP contribution in [0.4, 0.5) is 15.9 Å². The number of hydrogen-bond acceptors (Lipinski definition) is 3. The first-order valence-electron chi connectivity index (χ1n) is 6.49. The van der Waals surface area contributed by atoms with Crippen molar-refractivity contribution in [3.05, 3.63) is 54.5 Å². The van der Waals surface area contributed by atoms with Crippen molar-refractivity contribution in [3.8, 4) is 0 Å². The second kappa shape index (κ2) is 5.26. The number of anilines is 2. The Bertz CT molecular complexity index is 519. The Hall–Kier alpha value is -2.10. The number of hydrogen-bond donors (Lipinski definition) is 0. The number of benzene rings is 1. The summed E-state index contributed by atoms with van der Waals surface area (Å²) in [6.45, 7) is 3.74. The SMILES string of the molecule is Fc1ccc(N2CCN(c3ccccn3)CC2)cc1. The lowest BCUT2D eigenvalue weighted by Crippen LogP contribution is -2.46. The molecule has 98 valence electrons. The van der Waals surface area contributed by atoms with Crippen molar-refractivity contribution in [2.75, 3.05) is 36.0 Å². The highest BCUT2D eigenvalue weighted by Gasteiger charge is 2.17. The maximum Gasteiger partial charge on any atom is 0.128 e. The number of halogens is 1. The van der Waals surface area contributed by atoms with Crippen LogP contribution in [-0.4, -0.2) is 31.2 Å². The van der Waals surface area contributed by atoms with Crippen molar-refractivity contribution >= 4 is 11.5 Å². The molecule has 0 aliphatic carbocycles. The Morgan fingerprint density at radius 3 is 2.16 bits per heavy atom. The van der Waals surface area contributed by atoms with Crippen LogP contribution >= 0.6 is 0 Å². The van der Waals surface area contributed by atoms with Gasteiger partial charge in [-0.05, 0) is 36.4 Å². The molecule has 1 fully saturated rings. The Morgan fingerprint density at radius 2 is 1.53 bits per heavy atom. The van der Waals surface area contributed by atoms with Gasteiger partial charge in [0.2, 0.25) is 0 Å². The molecule has 0 bridgehead atoms. The van der Waals surface area contributed by atoms with Gasteiger partial charge in [0.25, 0.3) is 0 Å². The highest BCUT2D eigenvalue weighted by Crippen LogP contribution is 2.19. The average Bonchev–Trinajstić information content (AvgIpc) is 2.49. The van der Waals surface area contributed by atoms with Crippen LogP contribution in [0.5, 0.6) is 0 Å². The van der Waals surface area contributed by atoms with E-state index < -0.39 is 0 Å². The fourth-order valence-electron chi connectivity index (χ4n) is 2.39. The van der Waals surface area contributed by atoms with Gasteiger partial charge in [-0.25, -0.2) is 9.37 Å². The summed E-state index contributed by atoms with van der Waals surface area (Å²) in [5, 5.41) is 0. The third-order valence-electron chi connectivity index (χ3n) is 3.44. The van der Waals surface area contributed by atoms with Crippen molar-refractivity contribution in [2.45, 2.75) is 0 Å². The molecule has 0 N–H and O–H groups in total. The lowest BCUT2D eigenvalue weighted by molar-refractivity contribution is 0.624. The molecule has 0 amide bonds. The van der Waals surface area contributed by atoms with Crippen molar-refractivity contribution in [1.82, 2.24) is 4.98 Å². The summed E-state index contributed by atoms with van der Waals surface area (Å²) in [5.74, 6) is 0.845. The summed E-state index contributed by atoms with van der Waals surface area (Å²) in [6.07, 6.45) is 1.82. The summed E-state index contributed by atoms with van der Waals surface area (Å²) < 4.78 is 12.9. The van der Waals surface area contributed by atoms with Crippen LogP contribution < -0.4 is 9.80 Å². The van der Waals surface area contributed by atoms with Gasteiger partial charge in [-0.1, -0.05) is 6.07 Å². The average molecular weight is 257 g/mol. The van der Waals surface area contributed by atoms with Gasteiger partial charge in [0.05, 0.1) is 0 Å². The minimum Gasteiger partial charge on any atom is -0.368 e. The van der Waals surface area contributed by atoms with Crippen LogP contribution in [0.1, 0.15) is 0 Å². The molecule has 1 saturated heterocycles. The first kappa shape index (κ1) is 12.0. The number of rotatable bonds is 2. The topological polar surface area (TPSA) is 19.4 Å². The van der Waals surface area contributed by atoms with Crippen LogP contribution in [0, 0.1) is 5.82 Å². The molecule has 0 atom stereocenters. The first-order chi connectivity index (χ1) is 9.33. The van der Waals surface area contributed by atoms with Gasteiger partial charge in [0.15, 0.2) is 0 Å². The predicted octanol–water partition coefficient (Wildman–Crippen LogP) is 2.55. The number of aromatic nitrogens is 1. The van der Waals surface area contributed by atoms with E-state index in [1.165, 1.54) is 12.1 Å². The molecule has 1 aromatic heterocycles. The minimum absolute atomic E-state index is 0.184. The standard InChI is InChI=1S/C15H16FN3/c16-13-4-6-14(7-5-13)18-9-11-19(12-10-18)15-3-1-2-8-17-15/h1-8H,9-12H2. The first-order valence-corrected chi connectivity index (χ1v) is 6.49. The van der Waals surface area contributed by atoms with Gasteiger partial charge >= 0.3 is 0 Å². The van der Waals surface area contributed by atoms with E-state index in [1.807, 2.05) is 36.5 Å². The molecule has 0 spiro atoms. The number of piperazine rings is 1. The van der Waals surface area contributed by atoms with Crippen LogP contribution in [0.2, 0.25) is 0 Å². The fraction of sp³-hybridized carbons (Fsp3) is 0.267. The number of pyridine rings is 1. The molecule has 0 saturated carbocycles. The maximum absolute atomic E-state index is 12.9. The Balaban J connectivity index is 1.65.